The predicted molar refractivity (Wildman–Crippen MR) is 69.4 cm³/mol. The average molecular weight is 223 g/mol. The third-order valence-corrected chi connectivity index (χ3v) is 2.73. The first-order valence-electron chi connectivity index (χ1n) is 5.51. The van der Waals surface area contributed by atoms with Gasteiger partial charge in [-0.1, -0.05) is 66.6 Å². The smallest absolute Gasteiger partial charge is 0.0597 e. The third kappa shape index (κ3) is 2.65. The molecule has 0 aliphatic carbocycles. The fourth-order valence-electron chi connectivity index (χ4n) is 1.73. The quantitative estimate of drug-likeness (QED) is 0.410. The molecule has 0 bridgehead atoms. The predicted octanol–water partition coefficient (Wildman–Crippen LogP) is 4.72. The molecule has 17 heavy (non-hydrogen) atoms. The molecule has 0 amide bonds. The maximum Gasteiger partial charge on any atom is 0.0597 e. The highest BCUT2D eigenvalue weighted by molar-refractivity contribution is 5.63. The molecule has 0 fully saturated rings. The van der Waals surface area contributed by atoms with Crippen molar-refractivity contribution in [3.63, 3.8) is 0 Å². The van der Waals surface area contributed by atoms with Crippen molar-refractivity contribution in [2.75, 3.05) is 0 Å². The van der Waals surface area contributed by atoms with Gasteiger partial charge in [0, 0.05) is 4.91 Å². The number of benzene rings is 2. The molecule has 0 unspecified atom stereocenters. The van der Waals surface area contributed by atoms with E-state index < -0.39 is 0 Å². The highest BCUT2D eigenvalue weighted by atomic mass is 15.1. The van der Waals surface area contributed by atoms with Crippen molar-refractivity contribution in [3.05, 3.63) is 70.6 Å². The molecular weight excluding hydrogens is 210 g/mol. The fraction of sp³-hybridized carbons (Fsp3) is 0.143. The van der Waals surface area contributed by atoms with Crippen LogP contribution >= 0.6 is 0 Å². The standard InChI is InChI=1S/C14H13N3/c1-11(16-17-15)12-7-9-14(10-8-12)13-5-3-2-4-6-13/h2-11H,1H3/t11-/m0/s1. The van der Waals surface area contributed by atoms with Crippen LogP contribution in [0.3, 0.4) is 0 Å². The van der Waals surface area contributed by atoms with Crippen LogP contribution in [0.4, 0.5) is 0 Å². The van der Waals surface area contributed by atoms with Crippen molar-refractivity contribution >= 4 is 0 Å². The monoisotopic (exact) mass is 223 g/mol. The minimum Gasteiger partial charge on any atom is -0.0862 e. The molecule has 3 nitrogen and oxygen atoms in total. The van der Waals surface area contributed by atoms with E-state index in [2.05, 4.69) is 22.2 Å². The van der Waals surface area contributed by atoms with E-state index in [0.717, 1.165) is 5.56 Å². The summed E-state index contributed by atoms with van der Waals surface area (Å²) in [5, 5.41) is 3.68. The highest BCUT2D eigenvalue weighted by Crippen LogP contribution is 2.23. The van der Waals surface area contributed by atoms with Crippen LogP contribution in [-0.2, 0) is 0 Å². The lowest BCUT2D eigenvalue weighted by atomic mass is 10.0. The molecule has 0 aliphatic heterocycles. The largest absolute Gasteiger partial charge is 0.0862 e. The number of rotatable bonds is 3. The van der Waals surface area contributed by atoms with Gasteiger partial charge in [0.1, 0.15) is 0 Å². The summed E-state index contributed by atoms with van der Waals surface area (Å²) >= 11 is 0. The molecule has 0 radical (unpaired) electrons. The topological polar surface area (TPSA) is 48.8 Å². The Hall–Kier alpha value is -2.25. The van der Waals surface area contributed by atoms with Gasteiger partial charge in [-0.05, 0) is 22.2 Å². The Bertz CT molecular complexity index is 525. The molecule has 3 heteroatoms. The molecule has 1 atom stereocenters. The molecule has 84 valence electrons. The SMILES string of the molecule is C[C@H](N=[N+]=[N-])c1ccc(-c2ccccc2)cc1. The second-order valence-electron chi connectivity index (χ2n) is 3.87. The lowest BCUT2D eigenvalue weighted by Crippen LogP contribution is -1.87. The summed E-state index contributed by atoms with van der Waals surface area (Å²) in [5.74, 6) is 0. The lowest BCUT2D eigenvalue weighted by molar-refractivity contribution is 0.808. The zero-order valence-corrected chi connectivity index (χ0v) is 9.62. The van der Waals surface area contributed by atoms with E-state index in [4.69, 9.17) is 5.53 Å². The molecule has 2 aromatic carbocycles. The molecule has 2 aromatic rings. The van der Waals surface area contributed by atoms with Gasteiger partial charge in [0.2, 0.25) is 0 Å². The molecule has 2 rings (SSSR count). The molecule has 0 N–H and O–H groups in total. The second kappa shape index (κ2) is 5.19. The number of hydrogen-bond acceptors (Lipinski definition) is 1. The van der Waals surface area contributed by atoms with Gasteiger partial charge in [0.15, 0.2) is 0 Å². The van der Waals surface area contributed by atoms with Crippen molar-refractivity contribution in [1.29, 1.82) is 0 Å². The third-order valence-electron chi connectivity index (χ3n) is 2.73. The first-order chi connectivity index (χ1) is 8.31. The van der Waals surface area contributed by atoms with E-state index in [-0.39, 0.29) is 6.04 Å². The summed E-state index contributed by atoms with van der Waals surface area (Å²) in [6.07, 6.45) is 0. The van der Waals surface area contributed by atoms with Gasteiger partial charge in [-0.2, -0.15) is 0 Å². The lowest BCUT2D eigenvalue weighted by Gasteiger charge is -2.06. The molecule has 0 aliphatic rings. The molecule has 0 aromatic heterocycles. The van der Waals surface area contributed by atoms with E-state index in [0.29, 0.717) is 0 Å². The summed E-state index contributed by atoms with van der Waals surface area (Å²) < 4.78 is 0. The van der Waals surface area contributed by atoms with E-state index in [1.807, 2.05) is 49.4 Å². The second-order valence-corrected chi connectivity index (χ2v) is 3.87. The number of hydrogen-bond donors (Lipinski definition) is 0. The summed E-state index contributed by atoms with van der Waals surface area (Å²) in [7, 11) is 0. The van der Waals surface area contributed by atoms with Crippen molar-refractivity contribution in [1.82, 2.24) is 0 Å². The molecule has 0 spiro atoms. The maximum absolute atomic E-state index is 8.39. The zero-order valence-electron chi connectivity index (χ0n) is 9.62. The maximum atomic E-state index is 8.39. The highest BCUT2D eigenvalue weighted by Gasteiger charge is 2.02. The van der Waals surface area contributed by atoms with Gasteiger partial charge < -0.3 is 0 Å². The van der Waals surface area contributed by atoms with Crippen molar-refractivity contribution < 1.29 is 0 Å². The Kier molecular flexibility index (Phi) is 3.43. The van der Waals surface area contributed by atoms with Crippen LogP contribution in [0.1, 0.15) is 18.5 Å². The molecular formula is C14H13N3. The van der Waals surface area contributed by atoms with Crippen LogP contribution in [-0.4, -0.2) is 0 Å². The summed E-state index contributed by atoms with van der Waals surface area (Å²) in [6, 6.07) is 18.2. The van der Waals surface area contributed by atoms with Gasteiger partial charge in [-0.25, -0.2) is 0 Å². The van der Waals surface area contributed by atoms with Gasteiger partial charge in [0.25, 0.3) is 0 Å². The summed E-state index contributed by atoms with van der Waals surface area (Å²) in [4.78, 5) is 2.82. The molecule has 0 heterocycles. The molecule has 0 saturated carbocycles. The van der Waals surface area contributed by atoms with Crippen LogP contribution in [0.25, 0.3) is 21.6 Å². The van der Waals surface area contributed by atoms with Crippen LogP contribution in [0, 0.1) is 0 Å². The van der Waals surface area contributed by atoms with Gasteiger partial charge in [-0.15, -0.1) is 0 Å². The summed E-state index contributed by atoms with van der Waals surface area (Å²) in [5.41, 5.74) is 11.8. The van der Waals surface area contributed by atoms with E-state index in [1.165, 1.54) is 11.1 Å². The fourth-order valence-corrected chi connectivity index (χ4v) is 1.73. The Balaban J connectivity index is 2.27. The number of azide groups is 1. The van der Waals surface area contributed by atoms with Crippen molar-refractivity contribution in [2.45, 2.75) is 13.0 Å². The molecule has 0 saturated heterocycles. The van der Waals surface area contributed by atoms with E-state index in [9.17, 15) is 0 Å². The van der Waals surface area contributed by atoms with Crippen LogP contribution in [0.2, 0.25) is 0 Å². The minimum atomic E-state index is -0.121. The normalized spacial score (nSPS) is 11.6. The first kappa shape index (κ1) is 11.2. The summed E-state index contributed by atoms with van der Waals surface area (Å²) in [6.45, 7) is 1.89. The van der Waals surface area contributed by atoms with Gasteiger partial charge in [0.05, 0.1) is 6.04 Å². The van der Waals surface area contributed by atoms with Crippen LogP contribution in [0.5, 0.6) is 0 Å². The van der Waals surface area contributed by atoms with E-state index >= 15 is 0 Å². The minimum absolute atomic E-state index is 0.121. The average Bonchev–Trinajstić information content (AvgIpc) is 2.40. The zero-order chi connectivity index (χ0) is 12.1. The Labute approximate surface area is 100 Å². The number of nitrogens with zero attached hydrogens (tertiary/aromatic N) is 3. The van der Waals surface area contributed by atoms with Crippen LogP contribution < -0.4 is 0 Å². The van der Waals surface area contributed by atoms with Crippen molar-refractivity contribution in [3.8, 4) is 11.1 Å². The van der Waals surface area contributed by atoms with Crippen molar-refractivity contribution in [2.24, 2.45) is 5.11 Å². The first-order valence-corrected chi connectivity index (χ1v) is 5.51. The Morgan fingerprint density at radius 1 is 0.941 bits per heavy atom. The van der Waals surface area contributed by atoms with Gasteiger partial charge >= 0.3 is 0 Å². The Morgan fingerprint density at radius 3 is 2.12 bits per heavy atom. The van der Waals surface area contributed by atoms with Gasteiger partial charge in [-0.3, -0.25) is 0 Å². The van der Waals surface area contributed by atoms with E-state index in [1.54, 1.807) is 0 Å². The Morgan fingerprint density at radius 2 is 1.53 bits per heavy atom. The van der Waals surface area contributed by atoms with Crippen LogP contribution in [0.15, 0.2) is 59.7 Å².